The second kappa shape index (κ2) is 13.2. The number of rotatable bonds is 8. The monoisotopic (exact) mass is 596 g/mol. The first kappa shape index (κ1) is 32.5. The summed E-state index contributed by atoms with van der Waals surface area (Å²) in [6, 6.07) is 6.22. The van der Waals surface area contributed by atoms with E-state index in [-0.39, 0.29) is 16.8 Å². The molecule has 3 heterocycles. The molecule has 0 N–H and O–H groups in total. The lowest BCUT2D eigenvalue weighted by Crippen LogP contribution is -2.54. The highest BCUT2D eigenvalue weighted by molar-refractivity contribution is 6.01. The number of benzene rings is 1. The van der Waals surface area contributed by atoms with Crippen LogP contribution in [-0.4, -0.2) is 59.3 Å². The summed E-state index contributed by atoms with van der Waals surface area (Å²) in [4.78, 5) is 14.7. The number of hydrogen-bond acceptors (Lipinski definition) is 4. The maximum atomic E-state index is 15.8. The Hall–Kier alpha value is -2.89. The molecule has 2 aliphatic carbocycles. The topological polar surface area (TPSA) is 31.7 Å². The lowest BCUT2D eigenvalue weighted by molar-refractivity contribution is 0.0804. The molecule has 6 rings (SSSR count). The lowest BCUT2D eigenvalue weighted by atomic mass is 9.66. The molecule has 2 unspecified atom stereocenters. The minimum atomic E-state index is -0.242. The number of piperazine rings is 1. The summed E-state index contributed by atoms with van der Waals surface area (Å²) >= 11 is 0. The Balaban J connectivity index is 0.00000188. The van der Waals surface area contributed by atoms with Gasteiger partial charge in [0.05, 0.1) is 5.69 Å². The number of allylic oxidation sites excluding steroid dienone is 3. The van der Waals surface area contributed by atoms with Crippen molar-refractivity contribution in [2.75, 3.05) is 33.2 Å². The molecule has 0 amide bonds. The average Bonchev–Trinajstić information content (AvgIpc) is 3.57. The van der Waals surface area contributed by atoms with Crippen LogP contribution in [0.2, 0.25) is 0 Å². The number of halogens is 1. The number of aliphatic imine (C=N–C) groups is 1. The summed E-state index contributed by atoms with van der Waals surface area (Å²) in [6.45, 7) is 19.7. The number of nitrogens with zero attached hydrogens (tertiary/aromatic N) is 4. The largest absolute Gasteiger partial charge is 0.304 e. The van der Waals surface area contributed by atoms with Crippen molar-refractivity contribution < 1.29 is 4.39 Å². The minimum absolute atomic E-state index is 0.0577. The molecule has 1 saturated heterocycles. The molecule has 2 aromatic rings. The molecule has 4 aliphatic rings. The normalized spacial score (nSPS) is 24.8. The zero-order chi connectivity index (χ0) is 31.6. The predicted octanol–water partition coefficient (Wildman–Crippen LogP) is 9.16. The van der Waals surface area contributed by atoms with Crippen LogP contribution in [0, 0.1) is 11.7 Å². The molecule has 236 valence electrons. The SMILES string of the molecule is CC.CCCC(CCC)C1(C)C(C)=Nc2c(F)cc(C3=CCc4ncc(C5=CCC(C)(N6CCN(C)CC6)C=C5)cc43)cc21. The Kier molecular flexibility index (Phi) is 9.77. The molecule has 1 fully saturated rings. The Morgan fingerprint density at radius 2 is 1.66 bits per heavy atom. The van der Waals surface area contributed by atoms with Crippen molar-refractivity contribution in [3.8, 4) is 0 Å². The van der Waals surface area contributed by atoms with Crippen molar-refractivity contribution in [2.45, 2.75) is 97.9 Å². The number of pyridine rings is 1. The fourth-order valence-electron chi connectivity index (χ4n) is 7.79. The molecule has 0 radical (unpaired) electrons. The summed E-state index contributed by atoms with van der Waals surface area (Å²) in [5, 5.41) is 0. The summed E-state index contributed by atoms with van der Waals surface area (Å²) < 4.78 is 15.8. The number of likely N-dealkylation sites (N-methyl/N-ethyl adjacent to an activating group) is 1. The maximum absolute atomic E-state index is 15.8. The molecule has 4 nitrogen and oxygen atoms in total. The first-order valence-electron chi connectivity index (χ1n) is 17.1. The van der Waals surface area contributed by atoms with Crippen LogP contribution in [-0.2, 0) is 11.8 Å². The molecular weight excluding hydrogens is 543 g/mol. The Bertz CT molecular complexity index is 1490. The quantitative estimate of drug-likeness (QED) is 0.305. The second-order valence-electron chi connectivity index (χ2n) is 13.4. The van der Waals surface area contributed by atoms with Gasteiger partial charge in [-0.15, -0.1) is 0 Å². The van der Waals surface area contributed by atoms with E-state index >= 15 is 4.39 Å². The van der Waals surface area contributed by atoms with Crippen LogP contribution in [0.15, 0.2) is 53.7 Å². The number of hydrogen-bond donors (Lipinski definition) is 0. The van der Waals surface area contributed by atoms with Crippen LogP contribution < -0.4 is 0 Å². The van der Waals surface area contributed by atoms with Gasteiger partial charge in [0, 0.05) is 66.6 Å². The van der Waals surface area contributed by atoms with E-state index in [0.717, 1.165) is 104 Å². The van der Waals surface area contributed by atoms with Gasteiger partial charge in [0.25, 0.3) is 0 Å². The molecule has 5 heteroatoms. The highest BCUT2D eigenvalue weighted by Crippen LogP contribution is 2.50. The highest BCUT2D eigenvalue weighted by Gasteiger charge is 2.44. The van der Waals surface area contributed by atoms with Crippen LogP contribution in [0.4, 0.5) is 10.1 Å². The molecule has 2 atom stereocenters. The average molecular weight is 597 g/mol. The van der Waals surface area contributed by atoms with E-state index in [4.69, 9.17) is 9.98 Å². The summed E-state index contributed by atoms with van der Waals surface area (Å²) in [5.74, 6) is 0.240. The van der Waals surface area contributed by atoms with Crippen molar-refractivity contribution in [3.05, 3.63) is 82.5 Å². The van der Waals surface area contributed by atoms with Gasteiger partial charge >= 0.3 is 0 Å². The second-order valence-corrected chi connectivity index (χ2v) is 13.4. The van der Waals surface area contributed by atoms with Crippen molar-refractivity contribution in [1.82, 2.24) is 14.8 Å². The molecule has 1 aromatic heterocycles. The Morgan fingerprint density at radius 3 is 2.30 bits per heavy atom. The number of aromatic nitrogens is 1. The third-order valence-corrected chi connectivity index (χ3v) is 10.7. The van der Waals surface area contributed by atoms with E-state index in [9.17, 15) is 0 Å². The van der Waals surface area contributed by atoms with Crippen LogP contribution in [0.25, 0.3) is 11.1 Å². The molecule has 2 aliphatic heterocycles. The van der Waals surface area contributed by atoms with Gasteiger partial charge < -0.3 is 4.90 Å². The van der Waals surface area contributed by atoms with Crippen LogP contribution in [0.3, 0.4) is 0 Å². The summed E-state index contributed by atoms with van der Waals surface area (Å²) in [6.07, 6.45) is 17.6. The van der Waals surface area contributed by atoms with E-state index in [1.165, 1.54) is 5.57 Å². The molecule has 0 bridgehead atoms. The molecule has 1 aromatic carbocycles. The summed E-state index contributed by atoms with van der Waals surface area (Å²) in [5.41, 5.74) is 9.06. The van der Waals surface area contributed by atoms with Crippen molar-refractivity contribution in [2.24, 2.45) is 10.9 Å². The zero-order valence-corrected chi connectivity index (χ0v) is 28.4. The number of fused-ring (bicyclic) bond motifs is 2. The Morgan fingerprint density at radius 1 is 0.955 bits per heavy atom. The molecular formula is C39H53FN4. The predicted molar refractivity (Wildman–Crippen MR) is 185 cm³/mol. The third kappa shape index (κ3) is 5.78. The molecule has 0 spiro atoms. The van der Waals surface area contributed by atoms with E-state index in [0.29, 0.717) is 11.6 Å². The van der Waals surface area contributed by atoms with E-state index in [2.05, 4.69) is 87.9 Å². The van der Waals surface area contributed by atoms with Gasteiger partial charge in [0.15, 0.2) is 0 Å². The van der Waals surface area contributed by atoms with Gasteiger partial charge in [0.2, 0.25) is 0 Å². The van der Waals surface area contributed by atoms with Crippen molar-refractivity contribution in [1.29, 1.82) is 0 Å². The first-order valence-corrected chi connectivity index (χ1v) is 17.1. The van der Waals surface area contributed by atoms with E-state index in [1.54, 1.807) is 6.07 Å². The molecule has 0 saturated carbocycles. The van der Waals surface area contributed by atoms with Gasteiger partial charge in [-0.2, -0.15) is 0 Å². The molecule has 44 heavy (non-hydrogen) atoms. The highest BCUT2D eigenvalue weighted by atomic mass is 19.1. The van der Waals surface area contributed by atoms with Gasteiger partial charge in [-0.3, -0.25) is 14.9 Å². The summed E-state index contributed by atoms with van der Waals surface area (Å²) in [7, 11) is 2.21. The fourth-order valence-corrected chi connectivity index (χ4v) is 7.79. The fraction of sp³-hybridized carbons (Fsp3) is 0.538. The standard InChI is InChI=1S/C37H47FN4.C2H6/c1-7-9-29(10-8-2)37(5)25(3)40-35-32(37)22-27(23-33(35)38)30-11-12-34-31(30)21-28(24-39-34)26-13-15-36(4,16-14-26)42-19-17-41(6)18-20-42;1-2/h11,13-15,21-24,29H,7-10,12,16-20H2,1-6H3;1-2H3. The Labute approximate surface area is 265 Å². The zero-order valence-electron chi connectivity index (χ0n) is 28.4. The van der Waals surface area contributed by atoms with Gasteiger partial charge in [0.1, 0.15) is 11.5 Å². The van der Waals surface area contributed by atoms with Gasteiger partial charge in [-0.05, 0) is 93.5 Å². The smallest absolute Gasteiger partial charge is 0.149 e. The first-order chi connectivity index (χ1) is 21.2. The maximum Gasteiger partial charge on any atom is 0.149 e. The van der Waals surface area contributed by atoms with Crippen LogP contribution >= 0.6 is 0 Å². The lowest BCUT2D eigenvalue weighted by Gasteiger charge is -2.44. The van der Waals surface area contributed by atoms with Crippen LogP contribution in [0.1, 0.15) is 109 Å². The third-order valence-electron chi connectivity index (χ3n) is 10.7. The van der Waals surface area contributed by atoms with Crippen molar-refractivity contribution in [3.63, 3.8) is 0 Å². The van der Waals surface area contributed by atoms with Crippen molar-refractivity contribution >= 4 is 22.5 Å². The minimum Gasteiger partial charge on any atom is -0.304 e. The van der Waals surface area contributed by atoms with Gasteiger partial charge in [-0.1, -0.05) is 64.8 Å². The van der Waals surface area contributed by atoms with Crippen LogP contribution in [0.5, 0.6) is 0 Å². The van der Waals surface area contributed by atoms with E-state index in [1.807, 2.05) is 20.0 Å². The van der Waals surface area contributed by atoms with Gasteiger partial charge in [-0.25, -0.2) is 4.39 Å². The van der Waals surface area contributed by atoms with E-state index < -0.39 is 0 Å².